The van der Waals surface area contributed by atoms with Crippen molar-refractivity contribution in [1.82, 2.24) is 10.2 Å². The molecule has 3 aromatic carbocycles. The van der Waals surface area contributed by atoms with Crippen molar-refractivity contribution in [1.29, 1.82) is 0 Å². The smallest absolute Gasteiger partial charge is 0.264 e. The summed E-state index contributed by atoms with van der Waals surface area (Å²) < 4.78 is 34.3. The third-order valence-electron chi connectivity index (χ3n) is 6.21. The molecule has 0 fully saturated rings. The Bertz CT molecular complexity index is 1430. The fraction of sp³-hybridized carbons (Fsp3) is 0.286. The van der Waals surface area contributed by atoms with E-state index in [-0.39, 0.29) is 28.8 Å². The van der Waals surface area contributed by atoms with E-state index in [1.165, 1.54) is 31.2 Å². The van der Waals surface area contributed by atoms with Crippen molar-refractivity contribution in [3.63, 3.8) is 0 Å². The van der Waals surface area contributed by atoms with E-state index >= 15 is 0 Å². The molecule has 0 unspecified atom stereocenters. The van der Waals surface area contributed by atoms with Crippen molar-refractivity contribution in [2.45, 2.75) is 37.8 Å². The van der Waals surface area contributed by atoms with Crippen molar-refractivity contribution in [3.8, 4) is 5.75 Å². The fourth-order valence-corrected chi connectivity index (χ4v) is 5.85. The van der Waals surface area contributed by atoms with Crippen molar-refractivity contribution >= 4 is 50.7 Å². The standard InChI is InChI=1S/C28H31Cl2N3O5S/c1-5-24(28(35)31-3)32(17-20-12-15-22(29)23(30)16-20)27(34)18-33(25-8-6-7-9-26(25)38-4)39(36,37)21-13-10-19(2)11-14-21/h6-16,24H,5,17-18H2,1-4H3,(H,31,35)/t24-/m0/s1. The molecule has 0 heterocycles. The predicted octanol–water partition coefficient (Wildman–Crippen LogP) is 5.06. The topological polar surface area (TPSA) is 96.0 Å². The van der Waals surface area contributed by atoms with Crippen LogP contribution in [0.15, 0.2) is 71.6 Å². The zero-order valence-corrected chi connectivity index (χ0v) is 24.5. The van der Waals surface area contributed by atoms with Crippen LogP contribution in [0.1, 0.15) is 24.5 Å². The highest BCUT2D eigenvalue weighted by Gasteiger charge is 2.34. The van der Waals surface area contributed by atoms with E-state index in [9.17, 15) is 18.0 Å². The van der Waals surface area contributed by atoms with Gasteiger partial charge >= 0.3 is 0 Å². The highest BCUT2D eigenvalue weighted by atomic mass is 35.5. The maximum atomic E-state index is 14.0. The van der Waals surface area contributed by atoms with Crippen LogP contribution < -0.4 is 14.4 Å². The maximum absolute atomic E-state index is 14.0. The summed E-state index contributed by atoms with van der Waals surface area (Å²) in [6.07, 6.45) is 0.298. The van der Waals surface area contributed by atoms with Crippen LogP contribution >= 0.6 is 23.2 Å². The number of halogens is 2. The van der Waals surface area contributed by atoms with Gasteiger partial charge in [-0.1, -0.05) is 66.0 Å². The maximum Gasteiger partial charge on any atom is 0.264 e. The monoisotopic (exact) mass is 591 g/mol. The lowest BCUT2D eigenvalue weighted by Gasteiger charge is -2.33. The number of benzene rings is 3. The van der Waals surface area contributed by atoms with Crippen LogP contribution in [0, 0.1) is 6.92 Å². The summed E-state index contributed by atoms with van der Waals surface area (Å²) in [5.74, 6) is -0.690. The molecule has 8 nitrogen and oxygen atoms in total. The van der Waals surface area contributed by atoms with Crippen LogP contribution in [0.3, 0.4) is 0 Å². The van der Waals surface area contributed by atoms with E-state index in [1.54, 1.807) is 61.5 Å². The second-order valence-electron chi connectivity index (χ2n) is 8.80. The van der Waals surface area contributed by atoms with Gasteiger partial charge in [0.2, 0.25) is 11.8 Å². The minimum atomic E-state index is -4.21. The molecule has 1 N–H and O–H groups in total. The molecule has 2 amide bonds. The molecular formula is C28H31Cl2N3O5S. The van der Waals surface area contributed by atoms with E-state index in [0.717, 1.165) is 9.87 Å². The van der Waals surface area contributed by atoms with Crippen LogP contribution in [0.2, 0.25) is 10.0 Å². The number of likely N-dealkylation sites (N-methyl/N-ethyl adjacent to an activating group) is 1. The van der Waals surface area contributed by atoms with E-state index in [4.69, 9.17) is 27.9 Å². The summed E-state index contributed by atoms with van der Waals surface area (Å²) in [6.45, 7) is 3.05. The molecule has 1 atom stereocenters. The van der Waals surface area contributed by atoms with Crippen molar-refractivity contribution in [2.24, 2.45) is 0 Å². The summed E-state index contributed by atoms with van der Waals surface area (Å²) in [5, 5.41) is 3.24. The van der Waals surface area contributed by atoms with Crippen molar-refractivity contribution in [2.75, 3.05) is 25.0 Å². The third-order valence-corrected chi connectivity index (χ3v) is 8.72. The quantitative estimate of drug-likeness (QED) is 0.336. The molecule has 0 saturated carbocycles. The van der Waals surface area contributed by atoms with Gasteiger partial charge in [-0.3, -0.25) is 13.9 Å². The molecule has 3 rings (SSSR count). The summed E-state index contributed by atoms with van der Waals surface area (Å²) in [5.41, 5.74) is 1.71. The molecule has 0 aliphatic rings. The predicted molar refractivity (Wildman–Crippen MR) is 154 cm³/mol. The Kier molecular flexibility index (Phi) is 10.2. The first-order chi connectivity index (χ1) is 18.5. The lowest BCUT2D eigenvalue weighted by atomic mass is 10.1. The molecule has 0 bridgehead atoms. The first-order valence-electron chi connectivity index (χ1n) is 12.2. The van der Waals surface area contributed by atoms with Gasteiger partial charge < -0.3 is 15.0 Å². The Balaban J connectivity index is 2.11. The second kappa shape index (κ2) is 13.2. The Morgan fingerprint density at radius 3 is 2.26 bits per heavy atom. The average molecular weight is 593 g/mol. The molecule has 0 aliphatic heterocycles. The number of nitrogens with one attached hydrogen (secondary N) is 1. The minimum absolute atomic E-state index is 0.00595. The van der Waals surface area contributed by atoms with Gasteiger partial charge in [0.15, 0.2) is 0 Å². The first-order valence-corrected chi connectivity index (χ1v) is 14.4. The SMILES string of the molecule is CC[C@@H](C(=O)NC)N(Cc1ccc(Cl)c(Cl)c1)C(=O)CN(c1ccccc1OC)S(=O)(=O)c1ccc(C)cc1. The molecule has 0 radical (unpaired) electrons. The van der Waals surface area contributed by atoms with E-state index in [2.05, 4.69) is 5.32 Å². The van der Waals surface area contributed by atoms with Crippen molar-refractivity contribution < 1.29 is 22.7 Å². The Hall–Kier alpha value is -3.27. The number of carbonyl (C=O) groups excluding carboxylic acids is 2. The largest absolute Gasteiger partial charge is 0.495 e. The minimum Gasteiger partial charge on any atom is -0.495 e. The van der Waals surface area contributed by atoms with Gasteiger partial charge in [-0.05, 0) is 55.3 Å². The number of nitrogens with zero attached hydrogens (tertiary/aromatic N) is 2. The zero-order chi connectivity index (χ0) is 28.7. The zero-order valence-electron chi connectivity index (χ0n) is 22.1. The Labute approximate surface area is 239 Å². The molecule has 0 aliphatic carbocycles. The van der Waals surface area contributed by atoms with Crippen LogP contribution in [0.4, 0.5) is 5.69 Å². The summed E-state index contributed by atoms with van der Waals surface area (Å²) in [7, 11) is -1.30. The lowest BCUT2D eigenvalue weighted by Crippen LogP contribution is -2.51. The van der Waals surface area contributed by atoms with E-state index in [0.29, 0.717) is 22.0 Å². The first kappa shape index (κ1) is 30.3. The van der Waals surface area contributed by atoms with Gasteiger partial charge in [0.1, 0.15) is 18.3 Å². The molecule has 3 aromatic rings. The molecule has 39 heavy (non-hydrogen) atoms. The number of sulfonamides is 1. The highest BCUT2D eigenvalue weighted by molar-refractivity contribution is 7.92. The normalized spacial score (nSPS) is 11.9. The van der Waals surface area contributed by atoms with E-state index in [1.807, 2.05) is 6.92 Å². The van der Waals surface area contributed by atoms with Gasteiger partial charge in [-0.15, -0.1) is 0 Å². The second-order valence-corrected chi connectivity index (χ2v) is 11.5. The van der Waals surface area contributed by atoms with Gasteiger partial charge in [-0.25, -0.2) is 8.42 Å². The number of carbonyl (C=O) groups is 2. The molecule has 0 saturated heterocycles. The molecule has 0 spiro atoms. The van der Waals surface area contributed by atoms with Crippen molar-refractivity contribution in [3.05, 3.63) is 87.9 Å². The highest BCUT2D eigenvalue weighted by Crippen LogP contribution is 2.33. The van der Waals surface area contributed by atoms with Crippen LogP contribution in [-0.4, -0.2) is 51.9 Å². The lowest BCUT2D eigenvalue weighted by molar-refractivity contribution is -0.140. The van der Waals surface area contributed by atoms with Gasteiger partial charge in [0.25, 0.3) is 10.0 Å². The number of hydrogen-bond acceptors (Lipinski definition) is 5. The summed E-state index contributed by atoms with van der Waals surface area (Å²) in [6, 6.07) is 17.0. The van der Waals surface area contributed by atoms with Gasteiger partial charge in [0, 0.05) is 13.6 Å². The Morgan fingerprint density at radius 1 is 1.00 bits per heavy atom. The number of methoxy groups -OCH3 is 1. The van der Waals surface area contributed by atoms with Crippen LogP contribution in [-0.2, 0) is 26.2 Å². The average Bonchev–Trinajstić information content (AvgIpc) is 2.93. The number of ether oxygens (including phenoxy) is 1. The van der Waals surface area contributed by atoms with Gasteiger partial charge in [-0.2, -0.15) is 0 Å². The molecule has 11 heteroatoms. The number of para-hydroxylation sites is 2. The molecule has 208 valence electrons. The molecular weight excluding hydrogens is 561 g/mol. The number of rotatable bonds is 11. The van der Waals surface area contributed by atoms with Crippen LogP contribution in [0.25, 0.3) is 0 Å². The number of aryl methyl sites for hydroxylation is 1. The summed E-state index contributed by atoms with van der Waals surface area (Å²) >= 11 is 12.3. The van der Waals surface area contributed by atoms with E-state index < -0.39 is 28.5 Å². The number of hydrogen-bond donors (Lipinski definition) is 1. The fourth-order valence-electron chi connectivity index (χ4n) is 4.11. The van der Waals surface area contributed by atoms with Gasteiger partial charge in [0.05, 0.1) is 27.7 Å². The number of amides is 2. The number of anilines is 1. The van der Waals surface area contributed by atoms with Crippen LogP contribution in [0.5, 0.6) is 5.75 Å². The summed E-state index contributed by atoms with van der Waals surface area (Å²) in [4.78, 5) is 28.1. The third kappa shape index (κ3) is 7.03. The Morgan fingerprint density at radius 2 is 1.67 bits per heavy atom. The molecule has 0 aromatic heterocycles.